The predicted molar refractivity (Wildman–Crippen MR) is 140 cm³/mol. The second-order valence-corrected chi connectivity index (χ2v) is 8.90. The number of anilines is 1. The van der Waals surface area contributed by atoms with Crippen LogP contribution in [0, 0.1) is 0 Å². The van der Waals surface area contributed by atoms with Gasteiger partial charge in [0.25, 0.3) is 0 Å². The van der Waals surface area contributed by atoms with Crippen molar-refractivity contribution in [2.24, 2.45) is 0 Å². The number of amides is 1. The first-order chi connectivity index (χ1) is 16.9. The van der Waals surface area contributed by atoms with Gasteiger partial charge in [0.15, 0.2) is 5.78 Å². The second kappa shape index (κ2) is 12.7. The molecule has 0 heterocycles. The van der Waals surface area contributed by atoms with Crippen molar-refractivity contribution in [1.82, 2.24) is 5.32 Å². The standard InChI is InChI=1S/C29H34N2O4/c1-4-35-28(33)11-7-10-27(32)23-14-16-25(17-15-23)31-26(29(34)30-20(2)3)19-21-12-13-22-8-5-6-9-24(22)18-21/h5-6,8-9,12-18,20,26,31H,4,7,10-11,19H2,1-3H3,(H,30,34)/t26-/m0/s1. The molecule has 0 saturated heterocycles. The van der Waals surface area contributed by atoms with E-state index in [1.807, 2.05) is 38.1 Å². The van der Waals surface area contributed by atoms with Crippen LogP contribution in [-0.2, 0) is 20.7 Å². The summed E-state index contributed by atoms with van der Waals surface area (Å²) in [7, 11) is 0. The molecule has 0 saturated carbocycles. The molecule has 0 radical (unpaired) electrons. The van der Waals surface area contributed by atoms with Gasteiger partial charge in [-0.3, -0.25) is 14.4 Å². The highest BCUT2D eigenvalue weighted by Crippen LogP contribution is 2.19. The Morgan fingerprint density at radius 2 is 1.60 bits per heavy atom. The summed E-state index contributed by atoms with van der Waals surface area (Å²) in [4.78, 5) is 36.9. The van der Waals surface area contributed by atoms with Crippen LogP contribution in [-0.4, -0.2) is 36.4 Å². The lowest BCUT2D eigenvalue weighted by Crippen LogP contribution is -2.43. The summed E-state index contributed by atoms with van der Waals surface area (Å²) in [6.07, 6.45) is 1.51. The quantitative estimate of drug-likeness (QED) is 0.275. The van der Waals surface area contributed by atoms with Crippen LogP contribution in [0.2, 0.25) is 0 Å². The first-order valence-corrected chi connectivity index (χ1v) is 12.2. The van der Waals surface area contributed by atoms with Gasteiger partial charge in [-0.05, 0) is 67.8 Å². The molecular weight excluding hydrogens is 440 g/mol. The molecule has 3 rings (SSSR count). The molecule has 0 aliphatic carbocycles. The summed E-state index contributed by atoms with van der Waals surface area (Å²) < 4.78 is 4.90. The SMILES string of the molecule is CCOC(=O)CCCC(=O)c1ccc(N[C@@H](Cc2ccc3ccccc3c2)C(=O)NC(C)C)cc1. The summed E-state index contributed by atoms with van der Waals surface area (Å²) in [5.41, 5.74) is 2.41. The lowest BCUT2D eigenvalue weighted by atomic mass is 10.0. The molecule has 6 nitrogen and oxygen atoms in total. The summed E-state index contributed by atoms with van der Waals surface area (Å²) in [6, 6.07) is 21.1. The molecule has 2 N–H and O–H groups in total. The minimum Gasteiger partial charge on any atom is -0.466 e. The molecule has 3 aromatic rings. The molecule has 184 valence electrons. The number of Topliss-reactive ketones (excluding diaryl/α,β-unsaturated/α-hetero) is 1. The fraction of sp³-hybridized carbons (Fsp3) is 0.345. The number of ether oxygens (including phenoxy) is 1. The first kappa shape index (κ1) is 25.9. The average Bonchev–Trinajstić information content (AvgIpc) is 2.83. The van der Waals surface area contributed by atoms with Crippen molar-refractivity contribution in [2.75, 3.05) is 11.9 Å². The van der Waals surface area contributed by atoms with E-state index in [4.69, 9.17) is 4.74 Å². The van der Waals surface area contributed by atoms with E-state index in [0.717, 1.165) is 22.0 Å². The molecule has 1 amide bonds. The van der Waals surface area contributed by atoms with Crippen LogP contribution in [0.15, 0.2) is 66.7 Å². The van der Waals surface area contributed by atoms with Crippen LogP contribution >= 0.6 is 0 Å². The summed E-state index contributed by atoms with van der Waals surface area (Å²) in [6.45, 7) is 5.98. The number of hydrogen-bond acceptors (Lipinski definition) is 5. The second-order valence-electron chi connectivity index (χ2n) is 8.90. The van der Waals surface area contributed by atoms with Crippen molar-refractivity contribution in [3.8, 4) is 0 Å². The van der Waals surface area contributed by atoms with Crippen molar-refractivity contribution in [3.63, 3.8) is 0 Å². The predicted octanol–water partition coefficient (Wildman–Crippen LogP) is 5.30. The van der Waals surface area contributed by atoms with E-state index in [1.54, 1.807) is 19.1 Å². The highest BCUT2D eigenvalue weighted by atomic mass is 16.5. The summed E-state index contributed by atoms with van der Waals surface area (Å²) >= 11 is 0. The van der Waals surface area contributed by atoms with Crippen molar-refractivity contribution in [3.05, 3.63) is 77.9 Å². The topological polar surface area (TPSA) is 84.5 Å². The highest BCUT2D eigenvalue weighted by molar-refractivity contribution is 5.96. The summed E-state index contributed by atoms with van der Waals surface area (Å²) in [5.74, 6) is -0.379. The first-order valence-electron chi connectivity index (χ1n) is 12.2. The number of fused-ring (bicyclic) bond motifs is 1. The van der Waals surface area contributed by atoms with Crippen molar-refractivity contribution >= 4 is 34.1 Å². The maximum absolute atomic E-state index is 13.0. The third-order valence-corrected chi connectivity index (χ3v) is 5.64. The molecule has 0 aliphatic rings. The number of carbonyl (C=O) groups excluding carboxylic acids is 3. The Hall–Kier alpha value is -3.67. The summed E-state index contributed by atoms with van der Waals surface area (Å²) in [5, 5.41) is 8.63. The maximum atomic E-state index is 13.0. The van der Waals surface area contributed by atoms with Gasteiger partial charge in [-0.1, -0.05) is 42.5 Å². The largest absolute Gasteiger partial charge is 0.466 e. The van der Waals surface area contributed by atoms with Crippen LogP contribution in [0.5, 0.6) is 0 Å². The molecule has 0 spiro atoms. The molecule has 6 heteroatoms. The van der Waals surface area contributed by atoms with E-state index in [1.165, 1.54) is 0 Å². The Balaban J connectivity index is 1.67. The number of carbonyl (C=O) groups is 3. The molecule has 35 heavy (non-hydrogen) atoms. The Labute approximate surface area is 207 Å². The number of hydrogen-bond donors (Lipinski definition) is 2. The third kappa shape index (κ3) is 7.95. The molecule has 1 atom stereocenters. The van der Waals surface area contributed by atoms with Crippen molar-refractivity contribution < 1.29 is 19.1 Å². The van der Waals surface area contributed by atoms with E-state index in [0.29, 0.717) is 25.0 Å². The molecule has 0 unspecified atom stereocenters. The van der Waals surface area contributed by atoms with Crippen LogP contribution in [0.4, 0.5) is 5.69 Å². The number of benzene rings is 3. The minimum atomic E-state index is -0.468. The van der Waals surface area contributed by atoms with Gasteiger partial charge in [-0.25, -0.2) is 0 Å². The normalized spacial score (nSPS) is 11.8. The van der Waals surface area contributed by atoms with Gasteiger partial charge in [-0.15, -0.1) is 0 Å². The highest BCUT2D eigenvalue weighted by Gasteiger charge is 2.20. The van der Waals surface area contributed by atoms with Gasteiger partial charge >= 0.3 is 5.97 Å². The molecule has 0 fully saturated rings. The van der Waals surface area contributed by atoms with Crippen molar-refractivity contribution in [1.29, 1.82) is 0 Å². The molecule has 0 aromatic heterocycles. The fourth-order valence-electron chi connectivity index (χ4n) is 3.92. The van der Waals surface area contributed by atoms with E-state index >= 15 is 0 Å². The Morgan fingerprint density at radius 1 is 0.886 bits per heavy atom. The van der Waals surface area contributed by atoms with Gasteiger partial charge in [0.2, 0.25) is 5.91 Å². The Kier molecular flexibility index (Phi) is 9.41. The van der Waals surface area contributed by atoms with Crippen LogP contribution in [0.1, 0.15) is 56.0 Å². The lowest BCUT2D eigenvalue weighted by Gasteiger charge is -2.21. The molecule has 0 aliphatic heterocycles. The number of ketones is 1. The van der Waals surface area contributed by atoms with Gasteiger partial charge in [-0.2, -0.15) is 0 Å². The van der Waals surface area contributed by atoms with Gasteiger partial charge < -0.3 is 15.4 Å². The number of rotatable bonds is 12. The Bertz CT molecular complexity index is 1150. The van der Waals surface area contributed by atoms with Crippen LogP contribution < -0.4 is 10.6 Å². The zero-order valence-electron chi connectivity index (χ0n) is 20.7. The van der Waals surface area contributed by atoms with Gasteiger partial charge in [0.1, 0.15) is 6.04 Å². The van der Waals surface area contributed by atoms with E-state index in [2.05, 4.69) is 41.0 Å². The molecule has 3 aromatic carbocycles. The zero-order chi connectivity index (χ0) is 25.2. The van der Waals surface area contributed by atoms with E-state index in [-0.39, 0.29) is 36.5 Å². The van der Waals surface area contributed by atoms with E-state index < -0.39 is 6.04 Å². The van der Waals surface area contributed by atoms with Crippen LogP contribution in [0.25, 0.3) is 10.8 Å². The van der Waals surface area contributed by atoms with E-state index in [9.17, 15) is 14.4 Å². The molecular formula is C29H34N2O4. The smallest absolute Gasteiger partial charge is 0.305 e. The average molecular weight is 475 g/mol. The third-order valence-electron chi connectivity index (χ3n) is 5.64. The minimum absolute atomic E-state index is 0.0221. The maximum Gasteiger partial charge on any atom is 0.305 e. The Morgan fingerprint density at radius 3 is 2.29 bits per heavy atom. The van der Waals surface area contributed by atoms with Crippen LogP contribution in [0.3, 0.4) is 0 Å². The zero-order valence-corrected chi connectivity index (χ0v) is 20.7. The van der Waals surface area contributed by atoms with Gasteiger partial charge in [0, 0.05) is 36.6 Å². The molecule has 0 bridgehead atoms. The fourth-order valence-corrected chi connectivity index (χ4v) is 3.92. The number of nitrogens with one attached hydrogen (secondary N) is 2. The van der Waals surface area contributed by atoms with Crippen molar-refractivity contribution in [2.45, 2.75) is 58.5 Å². The number of esters is 1. The lowest BCUT2D eigenvalue weighted by molar-refractivity contribution is -0.143. The van der Waals surface area contributed by atoms with Gasteiger partial charge in [0.05, 0.1) is 6.61 Å². The monoisotopic (exact) mass is 474 g/mol.